The highest BCUT2D eigenvalue weighted by atomic mass is 32.2. The van der Waals surface area contributed by atoms with Crippen LogP contribution in [0.25, 0.3) is 0 Å². The van der Waals surface area contributed by atoms with E-state index in [4.69, 9.17) is 4.74 Å². The van der Waals surface area contributed by atoms with Crippen LogP contribution < -0.4 is 10.1 Å². The summed E-state index contributed by atoms with van der Waals surface area (Å²) in [6.45, 7) is 5.20. The van der Waals surface area contributed by atoms with Gasteiger partial charge in [-0.25, -0.2) is 4.39 Å². The minimum atomic E-state index is -0.305. The molecule has 1 N–H and O–H groups in total. The molecule has 0 saturated carbocycles. The number of benzene rings is 1. The van der Waals surface area contributed by atoms with E-state index < -0.39 is 0 Å². The van der Waals surface area contributed by atoms with E-state index in [1.54, 1.807) is 6.07 Å². The first kappa shape index (κ1) is 15.3. The Balaban J connectivity index is 2.56. The summed E-state index contributed by atoms with van der Waals surface area (Å²) in [6.07, 6.45) is 2.11. The van der Waals surface area contributed by atoms with Gasteiger partial charge in [-0.2, -0.15) is 11.8 Å². The van der Waals surface area contributed by atoms with Crippen molar-refractivity contribution in [3.05, 3.63) is 29.6 Å². The van der Waals surface area contributed by atoms with E-state index in [-0.39, 0.29) is 11.9 Å². The number of ether oxygens (including phenoxy) is 1. The van der Waals surface area contributed by atoms with Crippen molar-refractivity contribution in [2.45, 2.75) is 19.9 Å². The molecular formula is C14H22FNOS. The third kappa shape index (κ3) is 4.50. The number of nitrogens with one attached hydrogen (secondary N) is 1. The molecule has 0 aromatic heterocycles. The molecule has 2 nitrogen and oxygen atoms in total. The minimum absolute atomic E-state index is 0.148. The number of halogens is 1. The third-order valence-corrected chi connectivity index (χ3v) is 3.80. The lowest BCUT2D eigenvalue weighted by Crippen LogP contribution is -2.25. The zero-order valence-electron chi connectivity index (χ0n) is 11.5. The first-order valence-corrected chi connectivity index (χ1v) is 7.53. The Bertz CT molecular complexity index is 373. The van der Waals surface area contributed by atoms with E-state index >= 15 is 0 Å². The summed E-state index contributed by atoms with van der Waals surface area (Å²) < 4.78 is 18.5. The van der Waals surface area contributed by atoms with Gasteiger partial charge in [-0.05, 0) is 49.1 Å². The van der Waals surface area contributed by atoms with Crippen LogP contribution in [0.4, 0.5) is 4.39 Å². The lowest BCUT2D eigenvalue weighted by atomic mass is 10.1. The summed E-state index contributed by atoms with van der Waals surface area (Å²) in [5.41, 5.74) is 0.949. The van der Waals surface area contributed by atoms with Crippen molar-refractivity contribution in [2.24, 2.45) is 5.92 Å². The van der Waals surface area contributed by atoms with Crippen LogP contribution in [0, 0.1) is 11.7 Å². The van der Waals surface area contributed by atoms with Gasteiger partial charge >= 0.3 is 0 Å². The van der Waals surface area contributed by atoms with Gasteiger partial charge in [0.15, 0.2) is 11.6 Å². The molecule has 2 unspecified atom stereocenters. The summed E-state index contributed by atoms with van der Waals surface area (Å²) in [6, 6.07) is 5.26. The number of hydrogen-bond donors (Lipinski definition) is 1. The maximum Gasteiger partial charge on any atom is 0.165 e. The van der Waals surface area contributed by atoms with Crippen molar-refractivity contribution in [3.8, 4) is 5.75 Å². The summed E-state index contributed by atoms with van der Waals surface area (Å²) in [4.78, 5) is 0. The Labute approximate surface area is 113 Å². The van der Waals surface area contributed by atoms with Crippen molar-refractivity contribution >= 4 is 11.8 Å². The molecule has 0 aliphatic rings. The van der Waals surface area contributed by atoms with Crippen LogP contribution in [0.15, 0.2) is 18.2 Å². The standard InChI is InChI=1S/C14H22FNOS/c1-10(9-18-4)8-16-11(2)12-5-6-14(17-3)13(15)7-12/h5-7,10-11,16H,8-9H2,1-4H3. The number of thioether (sulfide) groups is 1. The lowest BCUT2D eigenvalue weighted by molar-refractivity contribution is 0.385. The average molecular weight is 271 g/mol. The van der Waals surface area contributed by atoms with Crippen LogP contribution in [0.5, 0.6) is 5.75 Å². The van der Waals surface area contributed by atoms with E-state index in [2.05, 4.69) is 18.5 Å². The lowest BCUT2D eigenvalue weighted by Gasteiger charge is -2.18. The summed E-state index contributed by atoms with van der Waals surface area (Å²) >= 11 is 1.85. The van der Waals surface area contributed by atoms with Gasteiger partial charge in [-0.3, -0.25) is 0 Å². The summed E-state index contributed by atoms with van der Waals surface area (Å²) in [7, 11) is 1.48. The van der Waals surface area contributed by atoms with Crippen molar-refractivity contribution in [2.75, 3.05) is 25.7 Å². The number of methoxy groups -OCH3 is 1. The largest absolute Gasteiger partial charge is 0.494 e. The molecule has 1 aromatic rings. The monoisotopic (exact) mass is 271 g/mol. The van der Waals surface area contributed by atoms with Gasteiger partial charge in [-0.15, -0.1) is 0 Å². The second-order valence-electron chi connectivity index (χ2n) is 4.58. The smallest absolute Gasteiger partial charge is 0.165 e. The van der Waals surface area contributed by atoms with Crippen LogP contribution >= 0.6 is 11.8 Å². The highest BCUT2D eigenvalue weighted by Gasteiger charge is 2.10. The maximum absolute atomic E-state index is 13.6. The van der Waals surface area contributed by atoms with Gasteiger partial charge in [-0.1, -0.05) is 13.0 Å². The normalized spacial score (nSPS) is 14.3. The van der Waals surface area contributed by atoms with Crippen LogP contribution in [-0.4, -0.2) is 25.7 Å². The quantitative estimate of drug-likeness (QED) is 0.820. The molecule has 0 aliphatic heterocycles. The number of rotatable bonds is 7. The second kappa shape index (κ2) is 7.64. The van der Waals surface area contributed by atoms with E-state index in [0.29, 0.717) is 11.7 Å². The Morgan fingerprint density at radius 3 is 2.67 bits per heavy atom. The number of hydrogen-bond acceptors (Lipinski definition) is 3. The zero-order chi connectivity index (χ0) is 13.5. The molecule has 0 aliphatic carbocycles. The van der Waals surface area contributed by atoms with Crippen LogP contribution in [0.1, 0.15) is 25.5 Å². The highest BCUT2D eigenvalue weighted by molar-refractivity contribution is 7.98. The molecule has 2 atom stereocenters. The van der Waals surface area contributed by atoms with E-state index in [0.717, 1.165) is 17.9 Å². The SMILES string of the molecule is COc1ccc(C(C)NCC(C)CSC)cc1F. The molecule has 0 radical (unpaired) electrons. The van der Waals surface area contributed by atoms with Crippen LogP contribution in [-0.2, 0) is 0 Å². The first-order valence-electron chi connectivity index (χ1n) is 6.14. The first-order chi connectivity index (χ1) is 8.58. The zero-order valence-corrected chi connectivity index (χ0v) is 12.3. The van der Waals surface area contributed by atoms with Crippen molar-refractivity contribution < 1.29 is 9.13 Å². The molecule has 0 saturated heterocycles. The Morgan fingerprint density at radius 1 is 1.39 bits per heavy atom. The van der Waals surface area contributed by atoms with Crippen molar-refractivity contribution in [3.63, 3.8) is 0 Å². The molecule has 18 heavy (non-hydrogen) atoms. The molecule has 0 heterocycles. The topological polar surface area (TPSA) is 21.3 Å². The van der Waals surface area contributed by atoms with Crippen molar-refractivity contribution in [1.82, 2.24) is 5.32 Å². The summed E-state index contributed by atoms with van der Waals surface area (Å²) in [5.74, 6) is 1.74. The van der Waals surface area contributed by atoms with E-state index in [1.807, 2.05) is 24.8 Å². The molecule has 0 amide bonds. The predicted molar refractivity (Wildman–Crippen MR) is 76.9 cm³/mol. The minimum Gasteiger partial charge on any atom is -0.494 e. The molecule has 1 rings (SSSR count). The second-order valence-corrected chi connectivity index (χ2v) is 5.50. The maximum atomic E-state index is 13.6. The molecular weight excluding hydrogens is 249 g/mol. The van der Waals surface area contributed by atoms with Gasteiger partial charge in [0, 0.05) is 6.04 Å². The fourth-order valence-corrected chi connectivity index (χ4v) is 2.48. The van der Waals surface area contributed by atoms with Gasteiger partial charge in [0.2, 0.25) is 0 Å². The van der Waals surface area contributed by atoms with Gasteiger partial charge in [0.05, 0.1) is 7.11 Å². The van der Waals surface area contributed by atoms with Gasteiger partial charge in [0.25, 0.3) is 0 Å². The molecule has 0 fully saturated rings. The van der Waals surface area contributed by atoms with Crippen molar-refractivity contribution in [1.29, 1.82) is 0 Å². The molecule has 102 valence electrons. The fraction of sp³-hybridized carbons (Fsp3) is 0.571. The van der Waals surface area contributed by atoms with Crippen LogP contribution in [0.3, 0.4) is 0 Å². The molecule has 0 spiro atoms. The Hall–Kier alpha value is -0.740. The Kier molecular flexibility index (Phi) is 6.50. The highest BCUT2D eigenvalue weighted by Crippen LogP contribution is 2.21. The average Bonchev–Trinajstić information content (AvgIpc) is 2.36. The van der Waals surface area contributed by atoms with Crippen LogP contribution in [0.2, 0.25) is 0 Å². The Morgan fingerprint density at radius 2 is 2.11 bits per heavy atom. The van der Waals surface area contributed by atoms with Gasteiger partial charge in [0.1, 0.15) is 0 Å². The fourth-order valence-electron chi connectivity index (χ4n) is 1.79. The molecule has 1 aromatic carbocycles. The van der Waals surface area contributed by atoms with E-state index in [9.17, 15) is 4.39 Å². The third-order valence-electron chi connectivity index (χ3n) is 2.90. The molecule has 4 heteroatoms. The molecule has 0 bridgehead atoms. The summed E-state index contributed by atoms with van der Waals surface area (Å²) in [5, 5.41) is 3.43. The predicted octanol–water partition coefficient (Wildman–Crippen LogP) is 3.48. The van der Waals surface area contributed by atoms with E-state index in [1.165, 1.54) is 13.2 Å². The van der Waals surface area contributed by atoms with Gasteiger partial charge < -0.3 is 10.1 Å².